The van der Waals surface area contributed by atoms with Crippen LogP contribution in [0.5, 0.6) is 0 Å². The smallest absolute Gasteiger partial charge is 0.789 e. The molecule has 14 nitrogen and oxygen atoms in total. The van der Waals surface area contributed by atoms with Crippen LogP contribution in [0, 0.1) is 0 Å². The van der Waals surface area contributed by atoms with Gasteiger partial charge < -0.3 is 39.9 Å². The molecule has 1 fully saturated rings. The molecule has 1 aliphatic heterocycles. The van der Waals surface area contributed by atoms with Crippen molar-refractivity contribution < 1.29 is 85.3 Å². The molecular weight excluding hydrogens is 414 g/mol. The number of hydrogen-bond acceptors (Lipinski definition) is 12. The predicted molar refractivity (Wildman–Crippen MR) is 73.3 cm³/mol. The number of rotatable bonds is 6. The van der Waals surface area contributed by atoms with E-state index in [1.807, 2.05) is 0 Å². The molecule has 1 aromatic rings. The molecule has 1 aliphatic rings. The number of ether oxygens (including phenoxy) is 1. The number of aromatic nitrogens is 2. The van der Waals surface area contributed by atoms with Crippen LogP contribution in [0.4, 0.5) is 5.82 Å². The Balaban J connectivity index is 0.00000338. The van der Waals surface area contributed by atoms with Crippen molar-refractivity contribution in [1.82, 2.24) is 9.55 Å². The Bertz CT molecular complexity index is 789. The predicted octanol–water partition coefficient (Wildman–Crippen LogP) is -9.59. The van der Waals surface area contributed by atoms with E-state index >= 15 is 0 Å². The molecule has 0 radical (unpaired) electrons. The van der Waals surface area contributed by atoms with Crippen LogP contribution in [0.15, 0.2) is 17.1 Å². The minimum Gasteiger partial charge on any atom is -0.789 e. The van der Waals surface area contributed by atoms with Crippen LogP contribution in [-0.2, 0) is 22.7 Å². The summed E-state index contributed by atoms with van der Waals surface area (Å²) in [6.07, 6.45) is -5.07. The van der Waals surface area contributed by atoms with Crippen molar-refractivity contribution in [3.63, 3.8) is 0 Å². The molecule has 0 amide bonds. The van der Waals surface area contributed by atoms with Crippen LogP contribution in [0.2, 0.25) is 0 Å². The Hall–Kier alpha value is 0.0148. The van der Waals surface area contributed by atoms with Crippen LogP contribution in [-0.4, -0.2) is 49.6 Å². The van der Waals surface area contributed by atoms with E-state index in [2.05, 4.69) is 13.8 Å². The van der Waals surface area contributed by atoms with Crippen molar-refractivity contribution in [1.29, 1.82) is 0 Å². The Kier molecular flexibility index (Phi) is 10.2. The van der Waals surface area contributed by atoms with Crippen LogP contribution >= 0.6 is 15.6 Å². The minimum atomic E-state index is -5.80. The third kappa shape index (κ3) is 7.40. The summed E-state index contributed by atoms with van der Waals surface area (Å²) in [7, 11) is -11.1. The molecule has 1 saturated heterocycles. The van der Waals surface area contributed by atoms with E-state index in [-0.39, 0.29) is 43.5 Å². The van der Waals surface area contributed by atoms with Gasteiger partial charge in [-0.1, -0.05) is 0 Å². The summed E-state index contributed by atoms with van der Waals surface area (Å²) in [5.41, 5.74) is 4.42. The minimum absolute atomic E-state index is 0. The van der Waals surface area contributed by atoms with E-state index in [4.69, 9.17) is 15.4 Å². The maximum absolute atomic E-state index is 11.7. The number of hydrogen-bond donors (Lipinski definition) is 4. The first kappa shape index (κ1) is 27.0. The first-order chi connectivity index (χ1) is 11.4. The molecule has 2 unspecified atom stereocenters. The van der Waals surface area contributed by atoms with E-state index in [1.54, 1.807) is 0 Å². The van der Waals surface area contributed by atoms with Crippen molar-refractivity contribution in [2.75, 3.05) is 12.3 Å². The maximum Gasteiger partial charge on any atom is 1.00 e. The number of nitrogen functional groups attached to an aromatic ring is 1. The number of nitrogens with two attached hydrogens (primary N) is 1. The second-order valence-corrected chi connectivity index (χ2v) is 7.62. The van der Waals surface area contributed by atoms with E-state index in [9.17, 15) is 33.9 Å². The topological polar surface area (TPSA) is 230 Å². The summed E-state index contributed by atoms with van der Waals surface area (Å²) in [6, 6.07) is 1.23. The third-order valence-corrected chi connectivity index (χ3v) is 5.17. The largest absolute Gasteiger partial charge is 1.00 e. The molecule has 0 bridgehead atoms. The molecule has 142 valence electrons. The van der Waals surface area contributed by atoms with Gasteiger partial charge in [-0.2, -0.15) is 4.98 Å². The van der Waals surface area contributed by atoms with Crippen LogP contribution in [0.1, 0.15) is 6.23 Å². The molecule has 2 rings (SSSR count). The molecule has 2 heterocycles. The van der Waals surface area contributed by atoms with Gasteiger partial charge in [0.15, 0.2) is 6.23 Å². The number of nitrogens with zero attached hydrogens (tertiary/aromatic N) is 2. The molecule has 27 heavy (non-hydrogen) atoms. The monoisotopic (exact) mass is 427 g/mol. The first-order valence-corrected chi connectivity index (χ1v) is 9.42. The molecule has 0 aromatic carbocycles. The van der Waals surface area contributed by atoms with Gasteiger partial charge in [-0.15, -0.1) is 0 Å². The second-order valence-electron chi connectivity index (χ2n) is 4.88. The molecule has 18 heteroatoms. The molecule has 5 atom stereocenters. The zero-order valence-electron chi connectivity index (χ0n) is 14.1. The van der Waals surface area contributed by atoms with Gasteiger partial charge in [0.2, 0.25) is 0 Å². The zero-order chi connectivity index (χ0) is 19.0. The first-order valence-electron chi connectivity index (χ1n) is 6.46. The van der Waals surface area contributed by atoms with Crippen LogP contribution in [0.3, 0.4) is 0 Å². The van der Waals surface area contributed by atoms with Crippen molar-refractivity contribution >= 4 is 21.5 Å². The summed E-state index contributed by atoms with van der Waals surface area (Å²) in [5, 5.41) is 19.8. The fourth-order valence-electron chi connectivity index (χ4n) is 2.03. The number of anilines is 1. The average molecular weight is 427 g/mol. The third-order valence-electron chi connectivity index (χ3n) is 3.07. The second kappa shape index (κ2) is 10.2. The Morgan fingerprint density at radius 1 is 1.30 bits per heavy atom. The van der Waals surface area contributed by atoms with E-state index in [1.165, 1.54) is 6.07 Å². The van der Waals surface area contributed by atoms with Crippen LogP contribution in [0.25, 0.3) is 0 Å². The van der Waals surface area contributed by atoms with Gasteiger partial charge in [0.1, 0.15) is 24.1 Å². The van der Waals surface area contributed by atoms with Gasteiger partial charge in [0.05, 0.1) is 14.4 Å². The van der Waals surface area contributed by atoms with Crippen molar-refractivity contribution in [3.8, 4) is 0 Å². The van der Waals surface area contributed by atoms with Gasteiger partial charge in [-0.05, 0) is 6.07 Å². The molecule has 0 saturated carbocycles. The van der Waals surface area contributed by atoms with Crippen LogP contribution < -0.4 is 58.9 Å². The summed E-state index contributed by atoms with van der Waals surface area (Å²) in [6.45, 7) is -0.931. The van der Waals surface area contributed by atoms with Crippen molar-refractivity contribution in [2.45, 2.75) is 24.5 Å². The number of aliphatic hydroxyl groups is 2. The SMILES string of the molecule is [15NH2][13c]1[13cH][13cH][15n]([13C@@H]2O[13C@H]([13CH2]OP(=O)(O)OP(=O)([O-])[O-])[13CH](O)[13C@@H]2O)[13c](=O)[15n]1.[Li+].[Li+]. The fraction of sp³-hybridized carbons (Fsp3) is 0.556. The summed E-state index contributed by atoms with van der Waals surface area (Å²) >= 11 is 0. The van der Waals surface area contributed by atoms with Gasteiger partial charge in [-0.3, -0.25) is 13.4 Å². The van der Waals surface area contributed by atoms with E-state index < -0.39 is 52.5 Å². The zero-order valence-corrected chi connectivity index (χ0v) is 15.9. The van der Waals surface area contributed by atoms with Crippen molar-refractivity contribution in [2.24, 2.45) is 0 Å². The quantitative estimate of drug-likeness (QED) is 0.143. The van der Waals surface area contributed by atoms with Gasteiger partial charge in [-0.25, -0.2) is 9.36 Å². The van der Waals surface area contributed by atoms with Gasteiger partial charge >= 0.3 is 51.2 Å². The summed E-state index contributed by atoms with van der Waals surface area (Å²) < 4.78 is 35.2. The number of phosphoric ester groups is 1. The molecule has 0 spiro atoms. The fourth-order valence-corrected chi connectivity index (χ4v) is 3.57. The van der Waals surface area contributed by atoms with Gasteiger partial charge in [0, 0.05) is 6.20 Å². The molecule has 5 N–H and O–H groups in total. The molecular formula is C9H13Li2N3O11P2. The Morgan fingerprint density at radius 2 is 1.89 bits per heavy atom. The van der Waals surface area contributed by atoms with Crippen molar-refractivity contribution in [3.05, 3.63) is 22.7 Å². The number of aliphatic hydroxyl groups excluding tert-OH is 2. The Morgan fingerprint density at radius 3 is 2.41 bits per heavy atom. The summed E-state index contributed by atoms with van der Waals surface area (Å²) in [4.78, 5) is 44.9. The standard InChI is InChI=1S/C9H15N3O11P2.2Li/c10-5-1-2-12(9(15)11-5)8-7(14)6(13)4(22-8)3-21-25(19,20)23-24(16,17)18;;/h1-2,4,6-8,13-14H,3H2,(H,19,20)(H2,10,11,15)(H2,16,17,18);;/q;2*+1/p-2/t4-,6?,7+,8-;;/m1../s1/i1+1,2+1,3+1,4+1,5+1,6+1,7+1,8+1,9+1,10+1,11+1,12+1;;. The summed E-state index contributed by atoms with van der Waals surface area (Å²) in [5.74, 6) is -0.0906. The number of phosphoric acid groups is 2. The average Bonchev–Trinajstić information content (AvgIpc) is 2.71. The van der Waals surface area contributed by atoms with E-state index in [0.717, 1.165) is 10.8 Å². The maximum atomic E-state index is 11.7. The normalized spacial score (nSPS) is 27.3. The molecule has 0 aliphatic carbocycles. The van der Waals surface area contributed by atoms with E-state index in [0.29, 0.717) is 0 Å². The van der Waals surface area contributed by atoms with Gasteiger partial charge in [0.25, 0.3) is 0 Å². The Labute approximate surface area is 175 Å². The molecule has 1 aromatic heterocycles.